The number of nitro groups is 4. The molecule has 0 bridgehead atoms. The number of nitrogens with zero attached hydrogens (tertiary/aromatic N) is 8. The number of aromatic amines is 5. The largest absolute Gasteiger partial charge is 0.465 e. The van der Waals surface area contributed by atoms with Gasteiger partial charge < -0.3 is 84.7 Å². The number of nitrogen functional groups attached to an aromatic ring is 6. The average Bonchev–Trinajstić information content (AvgIpc) is 1.67. The predicted molar refractivity (Wildman–Crippen MR) is 555 cm³/mol. The number of nitrogens with one attached hydrogen (secondary N) is 8. The Morgan fingerprint density at radius 2 is 0.844 bits per heavy atom. The second-order valence-corrected chi connectivity index (χ2v) is 33.7. The zero-order valence-electron chi connectivity index (χ0n) is 77.0. The summed E-state index contributed by atoms with van der Waals surface area (Å²) in [5.74, 6) is -2.13. The van der Waals surface area contributed by atoms with Crippen molar-refractivity contribution in [2.75, 3.05) is 63.6 Å². The summed E-state index contributed by atoms with van der Waals surface area (Å²) in [7, 11) is 0. The fraction of sp³-hybridized carbons (Fsp3) is 0.194. The van der Waals surface area contributed by atoms with Gasteiger partial charge in [-0.25, -0.2) is 4.98 Å². The molecule has 0 fully saturated rings. The Bertz CT molecular complexity index is 7730. The number of nitro benzene ring substituents is 4. The molecule has 14 rings (SSSR count). The van der Waals surface area contributed by atoms with E-state index >= 15 is 0 Å². The highest BCUT2D eigenvalue weighted by molar-refractivity contribution is 7.80. The van der Waals surface area contributed by atoms with Gasteiger partial charge in [0.05, 0.1) is 135 Å². The SMILES string of the molecule is CCOC(=O)C(C)(C(C)=O)c1ccc([N+](=O)[O-])c(N)c1C#N.CCOC(=O)C(C)C(C)=O.Cc1[nH]c(=O)c2c(N)c(N)ccc2c1C.Cc1[nH]c(=O)c2c(N)c(NC(=S)Nc3c(Cl)cccc3Cl)ccc2c1C.Cc1[nH]c(=O)c2c(N)c([N+](=O)[O-])ccc2c1C.Cc1[nH]c(=O)c2c(ccc3[nH]c(Nc4c(Cl)cccc4Cl)nc32)c1C.N#Cc1c(Cl)ccc([N+](=O)[O-])c1Cl.N#Cc1c(Cl)ccc([N+](=O)[O-])c1N. The summed E-state index contributed by atoms with van der Waals surface area (Å²) in [6.45, 7) is 24.1. The van der Waals surface area contributed by atoms with Crippen molar-refractivity contribution >= 4 is 256 Å². The number of aryl methyl sites for hydroxylation is 8. The first kappa shape index (κ1) is 112. The fourth-order valence-corrected chi connectivity index (χ4v) is 15.2. The smallest absolute Gasteiger partial charge is 0.323 e. The van der Waals surface area contributed by atoms with E-state index in [2.05, 4.69) is 50.6 Å². The van der Waals surface area contributed by atoms with Gasteiger partial charge in [0.15, 0.2) is 10.9 Å². The van der Waals surface area contributed by atoms with Crippen molar-refractivity contribution in [2.45, 2.75) is 102 Å². The molecular weight excluding hydrogens is 1990 g/mol. The van der Waals surface area contributed by atoms with Crippen molar-refractivity contribution in [1.29, 1.82) is 15.8 Å². The van der Waals surface area contributed by atoms with Gasteiger partial charge in [-0.2, -0.15) is 15.8 Å². The van der Waals surface area contributed by atoms with E-state index in [9.17, 15) is 84.1 Å². The lowest BCUT2D eigenvalue weighted by atomic mass is 9.76. The first-order chi connectivity index (χ1) is 66.1. The number of carbonyl (C=O) groups excluding carboxylic acids is 4. The van der Waals surface area contributed by atoms with Crippen LogP contribution in [0.4, 0.5) is 79.9 Å². The predicted octanol–water partition coefficient (Wildman–Crippen LogP) is 19.6. The summed E-state index contributed by atoms with van der Waals surface area (Å²) in [5.41, 5.74) is 40.4. The number of anilines is 10. The van der Waals surface area contributed by atoms with Crippen molar-refractivity contribution < 1.29 is 48.3 Å². The molecule has 0 saturated carbocycles. The number of carbonyl (C=O) groups is 4. The van der Waals surface area contributed by atoms with E-state index in [-0.39, 0.29) is 111 Å². The maximum atomic E-state index is 12.5. The molecule has 0 spiro atoms. The fourth-order valence-electron chi connectivity index (χ4n) is 13.3. The summed E-state index contributed by atoms with van der Waals surface area (Å²) < 4.78 is 9.50. The maximum Gasteiger partial charge on any atom is 0.323 e. The minimum absolute atomic E-state index is 0.0101. The minimum atomic E-state index is -1.76. The molecule has 20 N–H and O–H groups in total. The lowest BCUT2D eigenvalue weighted by Gasteiger charge is -2.26. The first-order valence-electron chi connectivity index (χ1n) is 41.0. The van der Waals surface area contributed by atoms with Gasteiger partial charge in [0, 0.05) is 47.0 Å². The number of Topliss-reactive ketones (excluding diaryl/α,β-unsaturated/α-hetero) is 2. The molecule has 2 unspecified atom stereocenters. The van der Waals surface area contributed by atoms with Crippen LogP contribution in [0.3, 0.4) is 0 Å². The van der Waals surface area contributed by atoms with Gasteiger partial charge >= 0.3 is 11.9 Å². The third kappa shape index (κ3) is 25.5. The number of hydrogen-bond donors (Lipinski definition) is 14. The number of pyridine rings is 4. The van der Waals surface area contributed by atoms with Crippen LogP contribution in [0.5, 0.6) is 0 Å². The van der Waals surface area contributed by atoms with Crippen LogP contribution in [-0.4, -0.2) is 91.4 Å². The normalized spacial score (nSPS) is 11.0. The number of aromatic nitrogens is 6. The Labute approximate surface area is 840 Å². The molecule has 2 atom stereocenters. The number of halogens is 7. The average molecular weight is 2080 g/mol. The van der Waals surface area contributed by atoms with Crippen LogP contribution in [0.15, 0.2) is 141 Å². The Balaban J connectivity index is 0.000000223. The number of nitriles is 3. The number of nitrogens with two attached hydrogens (primary N) is 6. The Morgan fingerprint density at radius 3 is 1.28 bits per heavy atom. The summed E-state index contributed by atoms with van der Waals surface area (Å²) in [6.07, 6.45) is 0. The quantitative estimate of drug-likeness (QED) is 0.0113. The number of ketones is 2. The zero-order valence-corrected chi connectivity index (χ0v) is 83.1. The Morgan fingerprint density at radius 1 is 0.468 bits per heavy atom. The Hall–Kier alpha value is -16.0. The number of fused-ring (bicyclic) bond motifs is 6. The molecule has 40 nitrogen and oxygen atoms in total. The van der Waals surface area contributed by atoms with Gasteiger partial charge in [0.25, 0.3) is 45.0 Å². The van der Waals surface area contributed by atoms with Crippen molar-refractivity contribution in [3.63, 3.8) is 0 Å². The van der Waals surface area contributed by atoms with Crippen LogP contribution in [0.1, 0.15) is 109 Å². The minimum Gasteiger partial charge on any atom is -0.465 e. The van der Waals surface area contributed by atoms with Gasteiger partial charge in [0.2, 0.25) is 5.95 Å². The van der Waals surface area contributed by atoms with Gasteiger partial charge in [0.1, 0.15) is 68.5 Å². The van der Waals surface area contributed by atoms with E-state index in [0.29, 0.717) is 93.8 Å². The van der Waals surface area contributed by atoms with Crippen LogP contribution in [0, 0.1) is 136 Å². The molecule has 0 aliphatic heterocycles. The number of thiocarbonyl (C=S) groups is 1. The second kappa shape index (κ2) is 48.3. The van der Waals surface area contributed by atoms with Crippen LogP contribution in [-0.2, 0) is 34.1 Å². The number of benzene rings is 9. The highest BCUT2D eigenvalue weighted by Gasteiger charge is 2.45. The molecule has 732 valence electrons. The number of H-pyrrole nitrogens is 5. The standard InChI is InChI=1S/C18H16Cl2N4OS.C18H14Cl2N4O.C14H15N3O5.C11H11N3O3.C11H13N3O.C7H2Cl2N2O2.C7H4ClN3O2.C7H12O3/c1-8-9(2)22-17(25)14-10(8)6-7-13(15(14)21)23-18(26)24-16-11(19)4-3-5-12(16)20;1-8-9(2)21-17(25)14-10(8)6-7-13-16(14)24-18(22-13)23-15-11(19)4-3-5-12(15)20;1-4-22-13(19)14(3,8(2)18)10-5-6-11(17(20)21)12(16)9(10)7-15;1-5-6(2)13-11(15)9-7(5)3-4-8(10(9)12)14(16)17;1-5-6(2)14-11(15)9-7(5)3-4-8(12)10(9)13;8-5-1-2-6(11(12)13)7(9)4(5)3-10;8-5-1-2-6(11(12)13)7(10)4(5)3-9;1-4-10-7(9)5(2)6(3)8/h3-7H,21H2,1-2H3,(H,22,25)(H2,23,24,26);3-7H,1-2H3,(H,21,25)(H2,22,23,24);5-6H,4,16H2,1-3H3;3-4H,12H2,1-2H3,(H,13,15);3-4H,12-13H2,1-2H3,(H,14,15);1-2H;1-2H,10H2;5H,4H2,1-3H3. The molecule has 5 aromatic heterocycles. The van der Waals surface area contributed by atoms with Gasteiger partial charge in [-0.05, 0) is 225 Å². The summed E-state index contributed by atoms with van der Waals surface area (Å²) in [4.78, 5) is 152. The van der Waals surface area contributed by atoms with E-state index in [1.807, 2.05) is 72.7 Å². The van der Waals surface area contributed by atoms with Crippen LogP contribution < -0.4 is 72.6 Å². The molecule has 9 aromatic carbocycles. The number of para-hydroxylation sites is 2. The van der Waals surface area contributed by atoms with Crippen LogP contribution in [0.25, 0.3) is 54.1 Å². The van der Waals surface area contributed by atoms with Gasteiger partial charge in [-0.3, -0.25) is 78.8 Å². The number of ether oxygens (including phenoxy) is 2. The van der Waals surface area contributed by atoms with Gasteiger partial charge in [-0.15, -0.1) is 0 Å². The van der Waals surface area contributed by atoms with Gasteiger partial charge in [-0.1, -0.05) is 112 Å². The molecule has 0 amide bonds. The molecule has 141 heavy (non-hydrogen) atoms. The van der Waals surface area contributed by atoms with E-state index in [0.717, 1.165) is 78.8 Å². The second-order valence-electron chi connectivity index (χ2n) is 30.4. The number of rotatable bonds is 15. The zero-order chi connectivity index (χ0) is 106. The highest BCUT2D eigenvalue weighted by Crippen LogP contribution is 2.41. The topological polar surface area (TPSA) is 683 Å². The number of esters is 2. The van der Waals surface area contributed by atoms with Crippen molar-refractivity contribution in [1.82, 2.24) is 29.9 Å². The lowest BCUT2D eigenvalue weighted by Crippen LogP contribution is -2.41. The molecule has 0 radical (unpaired) electrons. The molecule has 5 heterocycles. The maximum absolute atomic E-state index is 12.5. The van der Waals surface area contributed by atoms with Crippen molar-refractivity contribution in [3.8, 4) is 18.2 Å². The molecule has 48 heteroatoms. The van der Waals surface area contributed by atoms with Crippen molar-refractivity contribution in [3.05, 3.63) is 306 Å². The van der Waals surface area contributed by atoms with Crippen LogP contribution in [0.2, 0.25) is 35.2 Å². The van der Waals surface area contributed by atoms with E-state index in [1.165, 1.54) is 51.1 Å². The van der Waals surface area contributed by atoms with Crippen LogP contribution >= 0.6 is 93.4 Å². The summed E-state index contributed by atoms with van der Waals surface area (Å²) in [6, 6.07) is 36.5. The molecule has 0 aliphatic carbocycles. The lowest BCUT2D eigenvalue weighted by molar-refractivity contribution is -0.384. The van der Waals surface area contributed by atoms with E-state index < -0.39 is 60.0 Å². The third-order valence-electron chi connectivity index (χ3n) is 21.8. The third-order valence-corrected chi connectivity index (χ3v) is 24.3. The number of imidazole rings is 1. The summed E-state index contributed by atoms with van der Waals surface area (Å²) >= 11 is 46.7. The molecule has 14 aromatic rings. The monoisotopic (exact) mass is 2080 g/mol. The first-order valence-corrected chi connectivity index (χ1v) is 44.1. The molecular formula is C93H87Cl7N22O18S. The van der Waals surface area contributed by atoms with E-state index in [4.69, 9.17) is 143 Å². The van der Waals surface area contributed by atoms with Crippen molar-refractivity contribution in [2.24, 2.45) is 5.92 Å². The van der Waals surface area contributed by atoms with E-state index in [1.54, 1.807) is 100 Å². The molecule has 0 aliphatic rings. The summed E-state index contributed by atoms with van der Waals surface area (Å²) in [5, 5.41) is 84.8. The molecule has 0 saturated heterocycles. The highest BCUT2D eigenvalue weighted by atomic mass is 35.5. The number of hydrogen-bond acceptors (Lipinski definition) is 30. The Kier molecular flexibility index (Phi) is 38.4.